The van der Waals surface area contributed by atoms with E-state index in [-0.39, 0.29) is 0 Å². The van der Waals surface area contributed by atoms with Crippen LogP contribution in [0.15, 0.2) is 0 Å². The normalized spacial score (nSPS) is 8.86. The third kappa shape index (κ3) is 6.82. The predicted molar refractivity (Wildman–Crippen MR) is 36.2 cm³/mol. The molecule has 0 aliphatic rings. The van der Waals surface area contributed by atoms with Gasteiger partial charge in [-0.05, 0) is 4.74 Å². The average molecular weight is 134 g/mol. The van der Waals surface area contributed by atoms with Crippen LogP contribution in [-0.4, -0.2) is 20.0 Å². The molecule has 0 nitrogen and oxygen atoms in total. The summed E-state index contributed by atoms with van der Waals surface area (Å²) in [7, 11) is 0. The van der Waals surface area contributed by atoms with Gasteiger partial charge in [0.15, 0.2) is 0 Å². The van der Waals surface area contributed by atoms with Crippen molar-refractivity contribution in [2.45, 2.75) is 25.0 Å². The summed E-state index contributed by atoms with van der Waals surface area (Å²) in [5.41, 5.74) is 0. The topological polar surface area (TPSA) is 0 Å². The summed E-state index contributed by atoms with van der Waals surface area (Å²) in [6.07, 6.45) is 2.70. The van der Waals surface area contributed by atoms with Crippen LogP contribution in [0.4, 0.5) is 0 Å². The molecular formula is C5H11AlCl. The van der Waals surface area contributed by atoms with Gasteiger partial charge in [-0.1, -0.05) is 19.8 Å². The maximum Gasteiger partial charge on any atom is 0.224 e. The first-order chi connectivity index (χ1) is 3.41. The van der Waals surface area contributed by atoms with Crippen molar-refractivity contribution in [3.8, 4) is 0 Å². The molecule has 0 N–H and O–H groups in total. The number of rotatable bonds is 4. The summed E-state index contributed by atoms with van der Waals surface area (Å²) in [5, 5.41) is 1.39. The number of unbranched alkanes of at least 4 members (excludes halogenated alkanes) is 1. The Bertz CT molecular complexity index is 27.3. The van der Waals surface area contributed by atoms with Gasteiger partial charge in [0, 0.05) is 0 Å². The fourth-order valence-electron chi connectivity index (χ4n) is 0.426. The lowest BCUT2D eigenvalue weighted by Gasteiger charge is -1.87. The van der Waals surface area contributed by atoms with Gasteiger partial charge < -0.3 is 0 Å². The van der Waals surface area contributed by atoms with Gasteiger partial charge >= 0.3 is 0 Å². The second-order valence-corrected chi connectivity index (χ2v) is 3.97. The third-order valence-electron chi connectivity index (χ3n) is 0.871. The molecule has 0 atom stereocenters. The highest BCUT2D eigenvalue weighted by atomic mass is 35.5. The fraction of sp³-hybridized carbons (Fsp3) is 1.00. The lowest BCUT2D eigenvalue weighted by Crippen LogP contribution is -1.88. The van der Waals surface area contributed by atoms with Crippen LogP contribution in [0.2, 0.25) is 5.28 Å². The van der Waals surface area contributed by atoms with Gasteiger partial charge in [0.2, 0.25) is 15.2 Å². The SMILES string of the molecule is CCC[CH2][Al][CH2]Cl. The van der Waals surface area contributed by atoms with Crippen molar-refractivity contribution >= 4 is 26.8 Å². The molecule has 1 radical (unpaired) electrons. The summed E-state index contributed by atoms with van der Waals surface area (Å²) in [4.78, 5) is 0. The van der Waals surface area contributed by atoms with E-state index < -0.39 is 0 Å². The Kier molecular flexibility index (Phi) is 7.62. The highest BCUT2D eigenvalue weighted by Crippen LogP contribution is 1.92. The maximum atomic E-state index is 5.47. The number of hydrogen-bond acceptors (Lipinski definition) is 0. The first-order valence-electron chi connectivity index (χ1n) is 2.79. The number of halogens is 1. The van der Waals surface area contributed by atoms with Gasteiger partial charge in [0.1, 0.15) is 0 Å². The molecule has 0 aromatic rings. The maximum absolute atomic E-state index is 5.47. The van der Waals surface area contributed by atoms with Crippen molar-refractivity contribution in [1.82, 2.24) is 0 Å². The minimum Gasteiger partial charge on any atom is -0.144 e. The molecule has 0 bridgehead atoms. The monoisotopic (exact) mass is 133 g/mol. The van der Waals surface area contributed by atoms with Gasteiger partial charge in [-0.25, -0.2) is 0 Å². The molecule has 0 aliphatic heterocycles. The lowest BCUT2D eigenvalue weighted by atomic mass is 10.4. The molecule has 2 heteroatoms. The van der Waals surface area contributed by atoms with Crippen molar-refractivity contribution in [2.75, 3.05) is 4.74 Å². The first kappa shape index (κ1) is 7.82. The molecule has 0 saturated carbocycles. The standard InChI is InChI=1S/C4H9.CH2Cl.Al/c1-3-4-2;1-2;/h1,3-4H2,2H3;1H2;. The molecule has 0 aliphatic carbocycles. The second kappa shape index (κ2) is 6.82. The van der Waals surface area contributed by atoms with E-state index in [0.717, 1.165) is 4.74 Å². The Balaban J connectivity index is 2.45. The quantitative estimate of drug-likeness (QED) is 0.313. The Labute approximate surface area is 57.0 Å². The highest BCUT2D eigenvalue weighted by molar-refractivity contribution is 6.50. The van der Waals surface area contributed by atoms with E-state index in [4.69, 9.17) is 11.6 Å². The highest BCUT2D eigenvalue weighted by Gasteiger charge is 1.85. The average Bonchev–Trinajstić information content (AvgIpc) is 1.69. The lowest BCUT2D eigenvalue weighted by molar-refractivity contribution is 0.879. The summed E-state index contributed by atoms with van der Waals surface area (Å²) in [5.74, 6) is 0. The summed E-state index contributed by atoms with van der Waals surface area (Å²) in [6.45, 7) is 2.22. The summed E-state index contributed by atoms with van der Waals surface area (Å²) in [6, 6.07) is 0. The van der Waals surface area contributed by atoms with Gasteiger partial charge in [-0.3, -0.25) is 0 Å². The van der Waals surface area contributed by atoms with Crippen LogP contribution in [0.5, 0.6) is 0 Å². The summed E-state index contributed by atoms with van der Waals surface area (Å²) >= 11 is 6.06. The molecule has 0 saturated heterocycles. The summed E-state index contributed by atoms with van der Waals surface area (Å²) < 4.78 is 0.917. The van der Waals surface area contributed by atoms with Crippen LogP contribution in [0, 0.1) is 0 Å². The zero-order valence-corrected chi connectivity index (χ0v) is 6.69. The Morgan fingerprint density at radius 3 is 2.71 bits per heavy atom. The first-order valence-corrected chi connectivity index (χ1v) is 4.96. The van der Waals surface area contributed by atoms with Crippen LogP contribution in [0.3, 0.4) is 0 Å². The fourth-order valence-corrected chi connectivity index (χ4v) is 1.74. The van der Waals surface area contributed by atoms with Gasteiger partial charge in [0.05, 0.1) is 0 Å². The van der Waals surface area contributed by atoms with E-state index in [1.165, 1.54) is 18.1 Å². The Morgan fingerprint density at radius 2 is 2.29 bits per heavy atom. The van der Waals surface area contributed by atoms with E-state index in [9.17, 15) is 0 Å². The van der Waals surface area contributed by atoms with E-state index in [1.807, 2.05) is 0 Å². The molecule has 7 heavy (non-hydrogen) atoms. The minimum atomic E-state index is 0.582. The molecule has 0 amide bonds. The molecule has 0 unspecified atom stereocenters. The van der Waals surface area contributed by atoms with Crippen LogP contribution in [0.25, 0.3) is 0 Å². The van der Waals surface area contributed by atoms with E-state index in [2.05, 4.69) is 6.92 Å². The minimum absolute atomic E-state index is 0.582. The van der Waals surface area contributed by atoms with Crippen LogP contribution >= 0.6 is 11.6 Å². The van der Waals surface area contributed by atoms with Gasteiger partial charge in [0.25, 0.3) is 0 Å². The van der Waals surface area contributed by atoms with Crippen LogP contribution < -0.4 is 0 Å². The van der Waals surface area contributed by atoms with Crippen LogP contribution in [0.1, 0.15) is 19.8 Å². The van der Waals surface area contributed by atoms with Crippen molar-refractivity contribution in [1.29, 1.82) is 0 Å². The zero-order chi connectivity index (χ0) is 5.54. The molecule has 0 heterocycles. The predicted octanol–water partition coefficient (Wildman–Crippen LogP) is 2.11. The molecule has 0 rings (SSSR count). The Hall–Kier alpha value is 0.822. The van der Waals surface area contributed by atoms with E-state index in [1.54, 1.807) is 0 Å². The van der Waals surface area contributed by atoms with Crippen molar-refractivity contribution in [3.05, 3.63) is 0 Å². The van der Waals surface area contributed by atoms with Crippen molar-refractivity contribution in [3.63, 3.8) is 0 Å². The molecule has 0 aromatic heterocycles. The largest absolute Gasteiger partial charge is 0.224 e. The number of hydrogen-bond donors (Lipinski definition) is 0. The smallest absolute Gasteiger partial charge is 0.144 e. The molecule has 41 valence electrons. The second-order valence-electron chi connectivity index (χ2n) is 1.59. The third-order valence-corrected chi connectivity index (χ3v) is 2.56. The van der Waals surface area contributed by atoms with E-state index >= 15 is 0 Å². The molecule has 0 fully saturated rings. The molecular weight excluding hydrogens is 122 g/mol. The van der Waals surface area contributed by atoms with E-state index in [0.29, 0.717) is 15.2 Å². The van der Waals surface area contributed by atoms with Crippen molar-refractivity contribution < 1.29 is 0 Å². The number of alkyl halides is 1. The van der Waals surface area contributed by atoms with Gasteiger partial charge in [-0.15, -0.1) is 16.9 Å². The molecule has 0 spiro atoms. The zero-order valence-electron chi connectivity index (χ0n) is 4.78. The Morgan fingerprint density at radius 1 is 1.57 bits per heavy atom. The van der Waals surface area contributed by atoms with Crippen molar-refractivity contribution in [2.24, 2.45) is 0 Å². The van der Waals surface area contributed by atoms with Gasteiger partial charge in [-0.2, -0.15) is 0 Å². The van der Waals surface area contributed by atoms with Crippen LogP contribution in [-0.2, 0) is 0 Å². The molecule has 0 aromatic carbocycles.